The third-order valence-corrected chi connectivity index (χ3v) is 4.35. The summed E-state index contributed by atoms with van der Waals surface area (Å²) in [6, 6.07) is 4.70. The highest BCUT2D eigenvalue weighted by Gasteiger charge is 2.20. The summed E-state index contributed by atoms with van der Waals surface area (Å²) in [5.74, 6) is 0. The first-order valence-corrected chi connectivity index (χ1v) is 7.72. The highest BCUT2D eigenvalue weighted by atomic mass is 79.9. The van der Waals surface area contributed by atoms with Gasteiger partial charge < -0.3 is 0 Å². The van der Waals surface area contributed by atoms with Gasteiger partial charge in [-0.05, 0) is 23.6 Å². The molecule has 3 nitrogen and oxygen atoms in total. The highest BCUT2D eigenvalue weighted by molar-refractivity contribution is 9.10. The van der Waals surface area contributed by atoms with Crippen molar-refractivity contribution in [3.8, 4) is 0 Å². The number of hydrogen-bond donors (Lipinski definition) is 1. The van der Waals surface area contributed by atoms with Gasteiger partial charge in [-0.1, -0.05) is 48.3 Å². The van der Waals surface area contributed by atoms with Crippen molar-refractivity contribution in [1.29, 1.82) is 0 Å². The van der Waals surface area contributed by atoms with Crippen LogP contribution >= 0.6 is 27.5 Å². The minimum absolute atomic E-state index is 0.103. The molecule has 0 aliphatic heterocycles. The molecule has 0 spiro atoms. The highest BCUT2D eigenvalue weighted by Crippen LogP contribution is 2.25. The topological polar surface area (TPSA) is 46.2 Å². The average Bonchev–Trinajstić information content (AvgIpc) is 2.13. The maximum atomic E-state index is 12.0. The predicted octanol–water partition coefficient (Wildman–Crippen LogP) is 3.43. The number of rotatable bonds is 3. The van der Waals surface area contributed by atoms with Gasteiger partial charge >= 0.3 is 0 Å². The maximum Gasteiger partial charge on any atom is 0.242 e. The lowest BCUT2D eigenvalue weighted by molar-refractivity contribution is 0.407. The fraction of sp³-hybridized carbons (Fsp3) is 0.455. The lowest BCUT2D eigenvalue weighted by Gasteiger charge is -2.19. The second kappa shape index (κ2) is 5.26. The van der Waals surface area contributed by atoms with Gasteiger partial charge in [0.1, 0.15) is 4.90 Å². The van der Waals surface area contributed by atoms with Gasteiger partial charge in [0, 0.05) is 11.0 Å². The molecule has 1 N–H and O–H groups in total. The van der Waals surface area contributed by atoms with E-state index in [4.69, 9.17) is 11.6 Å². The Morgan fingerprint density at radius 1 is 1.35 bits per heavy atom. The Balaban J connectivity index is 2.98. The molecule has 0 aliphatic rings. The fourth-order valence-corrected chi connectivity index (χ4v) is 3.40. The molecule has 0 atom stereocenters. The van der Waals surface area contributed by atoms with Crippen LogP contribution in [0.15, 0.2) is 27.6 Å². The predicted molar refractivity (Wildman–Crippen MR) is 73.8 cm³/mol. The molecular weight excluding hydrogens is 326 g/mol. The first-order valence-electron chi connectivity index (χ1n) is 5.06. The largest absolute Gasteiger partial charge is 0.242 e. The van der Waals surface area contributed by atoms with Crippen molar-refractivity contribution in [3.63, 3.8) is 0 Å². The van der Waals surface area contributed by atoms with Crippen LogP contribution in [0.2, 0.25) is 5.02 Å². The van der Waals surface area contributed by atoms with Crippen LogP contribution in [0, 0.1) is 5.41 Å². The molecule has 96 valence electrons. The van der Waals surface area contributed by atoms with E-state index in [9.17, 15) is 8.42 Å². The van der Waals surface area contributed by atoms with E-state index in [0.717, 1.165) is 4.47 Å². The second-order valence-electron chi connectivity index (χ2n) is 4.96. The molecule has 0 amide bonds. The first-order chi connectivity index (χ1) is 7.62. The molecule has 6 heteroatoms. The van der Waals surface area contributed by atoms with Crippen molar-refractivity contribution in [3.05, 3.63) is 27.7 Å². The smallest absolute Gasteiger partial charge is 0.211 e. The monoisotopic (exact) mass is 339 g/mol. The summed E-state index contributed by atoms with van der Waals surface area (Å²) in [6.45, 7) is 6.23. The lowest BCUT2D eigenvalue weighted by Crippen LogP contribution is -2.32. The van der Waals surface area contributed by atoms with Crippen molar-refractivity contribution in [2.24, 2.45) is 5.41 Å². The van der Waals surface area contributed by atoms with Crippen LogP contribution in [0.25, 0.3) is 0 Å². The van der Waals surface area contributed by atoms with Crippen LogP contribution in [0.5, 0.6) is 0 Å². The molecule has 0 fully saturated rings. The number of halogens is 2. The molecule has 0 bridgehead atoms. The summed E-state index contributed by atoms with van der Waals surface area (Å²) < 4.78 is 27.3. The molecular formula is C11H15BrClNO2S. The Morgan fingerprint density at radius 3 is 2.41 bits per heavy atom. The van der Waals surface area contributed by atoms with Crippen molar-refractivity contribution in [2.75, 3.05) is 6.54 Å². The van der Waals surface area contributed by atoms with Crippen molar-refractivity contribution in [1.82, 2.24) is 4.72 Å². The Morgan fingerprint density at radius 2 is 1.94 bits per heavy atom. The standard InChI is InChI=1S/C11H15BrClNO2S/c1-11(2,3)7-14-17(15,16)10-5-4-8(12)6-9(10)13/h4-6,14H,7H2,1-3H3. The molecule has 0 heterocycles. The maximum absolute atomic E-state index is 12.0. The molecule has 0 aromatic heterocycles. The van der Waals surface area contributed by atoms with Gasteiger partial charge in [-0.2, -0.15) is 0 Å². The van der Waals surface area contributed by atoms with Gasteiger partial charge in [-0.3, -0.25) is 0 Å². The van der Waals surface area contributed by atoms with Crippen LogP contribution in [0.1, 0.15) is 20.8 Å². The van der Waals surface area contributed by atoms with Crippen LogP contribution < -0.4 is 4.72 Å². The molecule has 0 radical (unpaired) electrons. The van der Waals surface area contributed by atoms with Gasteiger partial charge in [0.2, 0.25) is 10.0 Å². The third-order valence-electron chi connectivity index (χ3n) is 1.98. The molecule has 17 heavy (non-hydrogen) atoms. The summed E-state index contributed by atoms with van der Waals surface area (Å²) in [7, 11) is -3.54. The van der Waals surface area contributed by atoms with E-state index in [0.29, 0.717) is 6.54 Å². The van der Waals surface area contributed by atoms with Gasteiger partial charge in [-0.15, -0.1) is 0 Å². The minimum Gasteiger partial charge on any atom is -0.211 e. The Hall–Kier alpha value is -0.100. The summed E-state index contributed by atoms with van der Waals surface area (Å²) in [6.07, 6.45) is 0. The summed E-state index contributed by atoms with van der Waals surface area (Å²) in [4.78, 5) is 0.103. The van der Waals surface area contributed by atoms with E-state index in [1.165, 1.54) is 6.07 Å². The van der Waals surface area contributed by atoms with Gasteiger partial charge in [0.15, 0.2) is 0 Å². The van der Waals surface area contributed by atoms with Gasteiger partial charge in [-0.25, -0.2) is 13.1 Å². The van der Waals surface area contributed by atoms with Gasteiger partial charge in [0.05, 0.1) is 5.02 Å². The number of benzene rings is 1. The molecule has 1 aromatic carbocycles. The summed E-state index contributed by atoms with van der Waals surface area (Å²) in [5.41, 5.74) is -0.116. The van der Waals surface area contributed by atoms with Crippen LogP contribution in [-0.2, 0) is 10.0 Å². The molecule has 0 aliphatic carbocycles. The van der Waals surface area contributed by atoms with Crippen LogP contribution in [-0.4, -0.2) is 15.0 Å². The molecule has 1 aromatic rings. The van der Waals surface area contributed by atoms with E-state index < -0.39 is 10.0 Å². The number of nitrogens with one attached hydrogen (secondary N) is 1. The van der Waals surface area contributed by atoms with E-state index in [-0.39, 0.29) is 15.3 Å². The molecule has 1 rings (SSSR count). The zero-order valence-electron chi connectivity index (χ0n) is 9.92. The Labute approximate surface area is 116 Å². The average molecular weight is 341 g/mol. The minimum atomic E-state index is -3.54. The third kappa shape index (κ3) is 4.58. The first kappa shape index (κ1) is 15.0. The summed E-state index contributed by atoms with van der Waals surface area (Å²) in [5, 5.41) is 0.209. The Bertz CT molecular complexity index is 509. The van der Waals surface area contributed by atoms with E-state index in [2.05, 4.69) is 20.7 Å². The number of hydrogen-bond acceptors (Lipinski definition) is 2. The summed E-state index contributed by atoms with van der Waals surface area (Å²) >= 11 is 9.15. The van der Waals surface area contributed by atoms with E-state index in [1.54, 1.807) is 12.1 Å². The van der Waals surface area contributed by atoms with Crippen LogP contribution in [0.3, 0.4) is 0 Å². The fourth-order valence-electron chi connectivity index (χ4n) is 1.08. The normalized spacial score (nSPS) is 12.8. The van der Waals surface area contributed by atoms with Crippen molar-refractivity contribution in [2.45, 2.75) is 25.7 Å². The van der Waals surface area contributed by atoms with E-state index >= 15 is 0 Å². The lowest BCUT2D eigenvalue weighted by atomic mass is 9.98. The Kier molecular flexibility index (Phi) is 4.63. The quantitative estimate of drug-likeness (QED) is 0.916. The number of sulfonamides is 1. The van der Waals surface area contributed by atoms with Gasteiger partial charge in [0.25, 0.3) is 0 Å². The van der Waals surface area contributed by atoms with Crippen LogP contribution in [0.4, 0.5) is 0 Å². The van der Waals surface area contributed by atoms with E-state index in [1.807, 2.05) is 20.8 Å². The molecule has 0 unspecified atom stereocenters. The zero-order chi connectivity index (χ0) is 13.3. The van der Waals surface area contributed by atoms with Crippen molar-refractivity contribution >= 4 is 37.6 Å². The SMILES string of the molecule is CC(C)(C)CNS(=O)(=O)c1ccc(Br)cc1Cl. The molecule has 0 saturated carbocycles. The second-order valence-corrected chi connectivity index (χ2v) is 8.02. The van der Waals surface area contributed by atoms with Crippen molar-refractivity contribution < 1.29 is 8.42 Å². The zero-order valence-corrected chi connectivity index (χ0v) is 13.1. The molecule has 0 saturated heterocycles.